The Morgan fingerprint density at radius 1 is 1.35 bits per heavy atom. The zero-order chi connectivity index (χ0) is 15.1. The van der Waals surface area contributed by atoms with Crippen molar-refractivity contribution in [2.75, 3.05) is 25.0 Å². The summed E-state index contributed by atoms with van der Waals surface area (Å²) in [6.45, 7) is 4.83. The summed E-state index contributed by atoms with van der Waals surface area (Å²) in [6.07, 6.45) is 0. The normalized spacial score (nSPS) is 18.3. The summed E-state index contributed by atoms with van der Waals surface area (Å²) in [4.78, 5) is 27.3. The average molecular weight is 341 g/mol. The van der Waals surface area contributed by atoms with Gasteiger partial charge in [0.2, 0.25) is 5.91 Å². The summed E-state index contributed by atoms with van der Waals surface area (Å²) in [5.41, 5.74) is 0.0161. The van der Waals surface area contributed by atoms with Crippen molar-refractivity contribution in [3.05, 3.63) is 28.2 Å². The molecule has 0 bridgehead atoms. The molecule has 1 saturated heterocycles. The minimum atomic E-state index is -0.997. The number of hydrogen-bond acceptors (Lipinski definition) is 3. The monoisotopic (exact) mass is 340 g/mol. The predicted molar refractivity (Wildman–Crippen MR) is 80.2 cm³/mol. The summed E-state index contributed by atoms with van der Waals surface area (Å²) >= 11 is 3.28. The van der Waals surface area contributed by atoms with E-state index in [1.807, 2.05) is 18.7 Å². The number of benzene rings is 1. The van der Waals surface area contributed by atoms with Crippen LogP contribution < -0.4 is 4.90 Å². The third-order valence-corrected chi connectivity index (χ3v) is 4.18. The van der Waals surface area contributed by atoms with Crippen molar-refractivity contribution < 1.29 is 14.7 Å². The van der Waals surface area contributed by atoms with E-state index in [0.717, 1.165) is 0 Å². The number of carbonyl (C=O) groups excluding carboxylic acids is 1. The molecule has 0 radical (unpaired) electrons. The van der Waals surface area contributed by atoms with Gasteiger partial charge in [0.1, 0.15) is 5.54 Å². The maximum absolute atomic E-state index is 12.3. The number of rotatable bonds is 2. The molecule has 0 aliphatic carbocycles. The molecule has 1 aliphatic rings. The van der Waals surface area contributed by atoms with Gasteiger partial charge in [-0.2, -0.15) is 0 Å². The zero-order valence-electron chi connectivity index (χ0n) is 11.7. The molecular formula is C14H17BrN2O3. The van der Waals surface area contributed by atoms with Crippen molar-refractivity contribution in [2.24, 2.45) is 0 Å². The second kappa shape index (κ2) is 5.09. The largest absolute Gasteiger partial charge is 0.478 e. The third-order valence-electron chi connectivity index (χ3n) is 3.68. The molecule has 1 fully saturated rings. The summed E-state index contributed by atoms with van der Waals surface area (Å²) in [6, 6.07) is 5.10. The standard InChI is InChI=1S/C14H17BrN2O3/c1-14(2)13(20)16(3)6-7-17(14)11-5-4-9(15)8-10(11)12(18)19/h4-5,8H,6-7H2,1-3H3,(H,18,19). The van der Waals surface area contributed by atoms with Gasteiger partial charge in [-0.1, -0.05) is 15.9 Å². The SMILES string of the molecule is CN1CCN(c2ccc(Br)cc2C(=O)O)C(C)(C)C1=O. The Morgan fingerprint density at radius 2 is 2.00 bits per heavy atom. The lowest BCUT2D eigenvalue weighted by Crippen LogP contribution is -2.62. The number of aromatic carboxylic acids is 1. The quantitative estimate of drug-likeness (QED) is 0.896. The molecule has 0 spiro atoms. The molecule has 2 rings (SSSR count). The molecule has 0 atom stereocenters. The maximum atomic E-state index is 12.3. The van der Waals surface area contributed by atoms with Crippen LogP contribution >= 0.6 is 15.9 Å². The highest BCUT2D eigenvalue weighted by Crippen LogP contribution is 2.32. The van der Waals surface area contributed by atoms with Gasteiger partial charge in [-0.05, 0) is 32.0 Å². The molecule has 1 aromatic carbocycles. The topological polar surface area (TPSA) is 60.9 Å². The molecule has 1 aliphatic heterocycles. The predicted octanol–water partition coefficient (Wildman–Crippen LogP) is 2.20. The fourth-order valence-electron chi connectivity index (χ4n) is 2.55. The number of halogens is 1. The Balaban J connectivity index is 2.51. The minimum Gasteiger partial charge on any atom is -0.478 e. The lowest BCUT2D eigenvalue weighted by molar-refractivity contribution is -0.136. The lowest BCUT2D eigenvalue weighted by Gasteiger charge is -2.46. The highest BCUT2D eigenvalue weighted by molar-refractivity contribution is 9.10. The van der Waals surface area contributed by atoms with Gasteiger partial charge in [-0.25, -0.2) is 4.79 Å². The van der Waals surface area contributed by atoms with E-state index in [4.69, 9.17) is 0 Å². The van der Waals surface area contributed by atoms with Crippen LogP contribution in [0.3, 0.4) is 0 Å². The van der Waals surface area contributed by atoms with Crippen LogP contribution in [-0.2, 0) is 4.79 Å². The number of carbonyl (C=O) groups is 2. The van der Waals surface area contributed by atoms with Crippen LogP contribution in [0.15, 0.2) is 22.7 Å². The molecule has 5 nitrogen and oxygen atoms in total. The first-order valence-corrected chi connectivity index (χ1v) is 7.10. The summed E-state index contributed by atoms with van der Waals surface area (Å²) in [7, 11) is 1.76. The van der Waals surface area contributed by atoms with Crippen molar-refractivity contribution in [1.29, 1.82) is 0 Å². The fourth-order valence-corrected chi connectivity index (χ4v) is 2.91. The molecule has 0 aromatic heterocycles. The Hall–Kier alpha value is -1.56. The number of anilines is 1. The summed E-state index contributed by atoms with van der Waals surface area (Å²) in [5.74, 6) is -1.01. The molecular weight excluding hydrogens is 324 g/mol. The van der Waals surface area contributed by atoms with E-state index in [2.05, 4.69) is 15.9 Å². The molecule has 6 heteroatoms. The van der Waals surface area contributed by atoms with Crippen molar-refractivity contribution >= 4 is 33.5 Å². The van der Waals surface area contributed by atoms with Crippen LogP contribution in [0.25, 0.3) is 0 Å². The molecule has 0 unspecified atom stereocenters. The van der Waals surface area contributed by atoms with Gasteiger partial charge in [0.15, 0.2) is 0 Å². The van der Waals surface area contributed by atoms with Crippen molar-refractivity contribution in [3.63, 3.8) is 0 Å². The van der Waals surface area contributed by atoms with E-state index in [1.54, 1.807) is 30.1 Å². The van der Waals surface area contributed by atoms with Crippen LogP contribution in [-0.4, -0.2) is 47.6 Å². The Bertz CT molecular complexity index is 572. The number of carboxylic acids is 1. The van der Waals surface area contributed by atoms with Crippen molar-refractivity contribution in [3.8, 4) is 0 Å². The zero-order valence-corrected chi connectivity index (χ0v) is 13.3. The number of amides is 1. The van der Waals surface area contributed by atoms with E-state index in [9.17, 15) is 14.7 Å². The summed E-state index contributed by atoms with van der Waals surface area (Å²) in [5, 5.41) is 9.37. The number of piperazine rings is 1. The van der Waals surface area contributed by atoms with Crippen molar-refractivity contribution in [1.82, 2.24) is 4.90 Å². The number of nitrogens with zero attached hydrogens (tertiary/aromatic N) is 2. The Labute approximate surface area is 126 Å². The minimum absolute atomic E-state index is 0.0111. The first kappa shape index (κ1) is 14.8. The molecule has 1 amide bonds. The molecule has 0 saturated carbocycles. The fraction of sp³-hybridized carbons (Fsp3) is 0.429. The van der Waals surface area contributed by atoms with Crippen LogP contribution in [0, 0.1) is 0 Å². The van der Waals surface area contributed by atoms with E-state index >= 15 is 0 Å². The van der Waals surface area contributed by atoms with Gasteiger partial charge in [-0.15, -0.1) is 0 Å². The van der Waals surface area contributed by atoms with E-state index in [1.165, 1.54) is 0 Å². The second-order valence-corrected chi connectivity index (χ2v) is 6.32. The maximum Gasteiger partial charge on any atom is 0.337 e. The van der Waals surface area contributed by atoms with E-state index in [0.29, 0.717) is 23.2 Å². The van der Waals surface area contributed by atoms with Gasteiger partial charge in [-0.3, -0.25) is 4.79 Å². The van der Waals surface area contributed by atoms with Crippen LogP contribution in [0.2, 0.25) is 0 Å². The first-order valence-electron chi connectivity index (χ1n) is 6.31. The smallest absolute Gasteiger partial charge is 0.337 e. The van der Waals surface area contributed by atoms with Gasteiger partial charge in [0, 0.05) is 24.6 Å². The third kappa shape index (κ3) is 2.40. The molecule has 1 heterocycles. The second-order valence-electron chi connectivity index (χ2n) is 5.40. The molecule has 108 valence electrons. The lowest BCUT2D eigenvalue weighted by atomic mass is 9.95. The number of likely N-dealkylation sites (N-methyl/N-ethyl adjacent to an activating group) is 1. The highest BCUT2D eigenvalue weighted by Gasteiger charge is 2.41. The molecule has 1 aromatic rings. The highest BCUT2D eigenvalue weighted by atomic mass is 79.9. The van der Waals surface area contributed by atoms with Crippen LogP contribution in [0.5, 0.6) is 0 Å². The van der Waals surface area contributed by atoms with E-state index in [-0.39, 0.29) is 11.5 Å². The number of hydrogen-bond donors (Lipinski definition) is 1. The molecule has 1 N–H and O–H groups in total. The van der Waals surface area contributed by atoms with Crippen molar-refractivity contribution in [2.45, 2.75) is 19.4 Å². The summed E-state index contributed by atoms with van der Waals surface area (Å²) < 4.78 is 0.705. The van der Waals surface area contributed by atoms with Gasteiger partial charge >= 0.3 is 5.97 Å². The van der Waals surface area contributed by atoms with Gasteiger partial charge in [0.25, 0.3) is 0 Å². The Kier molecular flexibility index (Phi) is 3.77. The van der Waals surface area contributed by atoms with Gasteiger partial charge in [0.05, 0.1) is 11.3 Å². The number of carboxylic acid groups (broad SMARTS) is 1. The van der Waals surface area contributed by atoms with Gasteiger partial charge < -0.3 is 14.9 Å². The first-order chi connectivity index (χ1) is 9.25. The van der Waals surface area contributed by atoms with Crippen LogP contribution in [0.4, 0.5) is 5.69 Å². The van der Waals surface area contributed by atoms with Crippen LogP contribution in [0.1, 0.15) is 24.2 Å². The van der Waals surface area contributed by atoms with E-state index < -0.39 is 11.5 Å². The Morgan fingerprint density at radius 3 is 2.60 bits per heavy atom. The molecule has 20 heavy (non-hydrogen) atoms. The average Bonchev–Trinajstić information content (AvgIpc) is 2.37.